The lowest BCUT2D eigenvalue weighted by Gasteiger charge is -2.18. The fraction of sp³-hybridized carbons (Fsp3) is 0.400. The van der Waals surface area contributed by atoms with Gasteiger partial charge in [0.2, 0.25) is 21.8 Å². The summed E-state index contributed by atoms with van der Waals surface area (Å²) in [6, 6.07) is 11.3. The van der Waals surface area contributed by atoms with Crippen molar-refractivity contribution in [3.05, 3.63) is 65.5 Å². The van der Waals surface area contributed by atoms with Gasteiger partial charge in [-0.2, -0.15) is 17.5 Å². The van der Waals surface area contributed by atoms with E-state index in [1.165, 1.54) is 35.8 Å². The summed E-state index contributed by atoms with van der Waals surface area (Å²) in [6.45, 7) is 1.39. The summed E-state index contributed by atoms with van der Waals surface area (Å²) in [6.07, 6.45) is -3.55. The van der Waals surface area contributed by atoms with Crippen LogP contribution >= 0.6 is 0 Å². The number of nitrogens with one attached hydrogen (secondary N) is 2. The molecule has 1 saturated heterocycles. The van der Waals surface area contributed by atoms with Crippen LogP contribution in [-0.4, -0.2) is 64.2 Å². The van der Waals surface area contributed by atoms with Crippen LogP contribution in [0.1, 0.15) is 41.5 Å². The van der Waals surface area contributed by atoms with Gasteiger partial charge in [-0.3, -0.25) is 14.8 Å². The molecule has 0 radical (unpaired) electrons. The minimum Gasteiger partial charge on any atom is -0.347 e. The van der Waals surface area contributed by atoms with Gasteiger partial charge in [-0.1, -0.05) is 37.6 Å². The van der Waals surface area contributed by atoms with Gasteiger partial charge >= 0.3 is 6.18 Å². The van der Waals surface area contributed by atoms with Crippen LogP contribution in [0.2, 0.25) is 0 Å². The number of aromatic nitrogens is 2. The van der Waals surface area contributed by atoms with E-state index in [0.29, 0.717) is 23.9 Å². The molecule has 1 aliphatic rings. The number of hydrogen-bond acceptors (Lipinski definition) is 6. The number of sulfonamides is 1. The van der Waals surface area contributed by atoms with Crippen molar-refractivity contribution in [2.24, 2.45) is 5.92 Å². The topological polar surface area (TPSA) is 134 Å². The number of fused-ring (bicyclic) bond motifs is 1. The second-order valence-corrected chi connectivity index (χ2v) is 11.4. The Morgan fingerprint density at radius 2 is 1.79 bits per heavy atom. The number of alkyl halides is 3. The van der Waals surface area contributed by atoms with Gasteiger partial charge in [-0.05, 0) is 36.2 Å². The Kier molecular flexibility index (Phi) is 8.28. The third kappa shape index (κ3) is 6.23. The van der Waals surface area contributed by atoms with Crippen LogP contribution in [0.15, 0.2) is 48.5 Å². The summed E-state index contributed by atoms with van der Waals surface area (Å²) in [5, 5.41) is 11.8. The van der Waals surface area contributed by atoms with E-state index in [1.807, 2.05) is 6.92 Å². The zero-order valence-corrected chi connectivity index (χ0v) is 21.8. The molecule has 3 N–H and O–H groups in total. The molecule has 210 valence electrons. The van der Waals surface area contributed by atoms with E-state index in [-0.39, 0.29) is 36.5 Å². The molecular weight excluding hydrogens is 539 g/mol. The first-order valence-electron chi connectivity index (χ1n) is 12.3. The number of nitrogens with zero attached hydrogens (tertiary/aromatic N) is 3. The monoisotopic (exact) mass is 567 g/mol. The second kappa shape index (κ2) is 11.3. The number of amides is 2. The van der Waals surface area contributed by atoms with Crippen molar-refractivity contribution >= 4 is 32.9 Å². The molecule has 39 heavy (non-hydrogen) atoms. The number of rotatable bonds is 9. The fourth-order valence-electron chi connectivity index (χ4n) is 4.59. The molecule has 1 aromatic heterocycles. The highest BCUT2D eigenvalue weighted by Gasteiger charge is 2.43. The van der Waals surface area contributed by atoms with Crippen LogP contribution in [0.3, 0.4) is 0 Å². The van der Waals surface area contributed by atoms with Crippen molar-refractivity contribution in [1.82, 2.24) is 24.7 Å². The highest BCUT2D eigenvalue weighted by Crippen LogP contribution is 2.32. The normalized spacial score (nSPS) is 18.4. The molecule has 2 heterocycles. The fourth-order valence-corrected chi connectivity index (χ4v) is 6.28. The summed E-state index contributed by atoms with van der Waals surface area (Å²) in [4.78, 5) is 28.9. The van der Waals surface area contributed by atoms with Crippen molar-refractivity contribution in [3.8, 4) is 0 Å². The Bertz CT molecular complexity index is 1460. The van der Waals surface area contributed by atoms with Crippen LogP contribution in [0, 0.1) is 5.92 Å². The van der Waals surface area contributed by atoms with Gasteiger partial charge in [0.15, 0.2) is 0 Å². The lowest BCUT2D eigenvalue weighted by molar-refractivity contribution is -0.146. The Morgan fingerprint density at radius 3 is 2.44 bits per heavy atom. The average Bonchev–Trinajstić information content (AvgIpc) is 3.50. The lowest BCUT2D eigenvalue weighted by Crippen LogP contribution is -2.45. The number of hydrogen-bond donors (Lipinski definition) is 3. The van der Waals surface area contributed by atoms with Gasteiger partial charge in [-0.15, -0.1) is 0 Å². The Labute approximate surface area is 222 Å². The molecule has 14 heteroatoms. The van der Waals surface area contributed by atoms with Crippen LogP contribution in [0.4, 0.5) is 13.2 Å². The maximum Gasteiger partial charge on any atom is 0.449 e. The van der Waals surface area contributed by atoms with Crippen molar-refractivity contribution in [3.63, 3.8) is 0 Å². The van der Waals surface area contributed by atoms with E-state index >= 15 is 0 Å². The zero-order chi connectivity index (χ0) is 28.4. The first-order valence-corrected chi connectivity index (χ1v) is 13.9. The molecule has 0 saturated carbocycles. The number of carbonyl (C=O) groups is 2. The maximum atomic E-state index is 13.6. The molecule has 2 atom stereocenters. The zero-order valence-electron chi connectivity index (χ0n) is 21.0. The number of halogens is 3. The smallest absolute Gasteiger partial charge is 0.347 e. The summed E-state index contributed by atoms with van der Waals surface area (Å²) in [7, 11) is -3.66. The summed E-state index contributed by atoms with van der Waals surface area (Å²) >= 11 is 0. The van der Waals surface area contributed by atoms with Crippen molar-refractivity contribution < 1.29 is 36.4 Å². The summed E-state index contributed by atoms with van der Waals surface area (Å²) in [5.74, 6) is -3.55. The average molecular weight is 568 g/mol. The minimum atomic E-state index is -4.66. The van der Waals surface area contributed by atoms with E-state index in [4.69, 9.17) is 5.21 Å². The molecule has 0 bridgehead atoms. The van der Waals surface area contributed by atoms with Gasteiger partial charge in [-0.25, -0.2) is 18.9 Å². The molecule has 0 unspecified atom stereocenters. The van der Waals surface area contributed by atoms with E-state index < -0.39 is 45.8 Å². The van der Waals surface area contributed by atoms with Crippen LogP contribution in [0.25, 0.3) is 11.0 Å². The molecule has 10 nitrogen and oxygen atoms in total. The highest BCUT2D eigenvalue weighted by atomic mass is 32.2. The first-order chi connectivity index (χ1) is 18.4. The SMILES string of the molecule is CCCCS(=O)(=O)N1C[C@H](C(=O)NO)[C@H](NC(=O)c2ccc(Cn3c(C(F)(F)F)nc4ccccc43)cc2)C1. The predicted molar refractivity (Wildman–Crippen MR) is 135 cm³/mol. The third-order valence-corrected chi connectivity index (χ3v) is 8.55. The number of benzene rings is 2. The molecule has 1 fully saturated rings. The van der Waals surface area contributed by atoms with Crippen molar-refractivity contribution in [2.75, 3.05) is 18.8 Å². The quantitative estimate of drug-likeness (QED) is 0.269. The third-order valence-electron chi connectivity index (χ3n) is 6.66. The standard InChI is InChI=1S/C25H28F3N5O5S/c1-2-3-12-39(37,38)32-14-18(23(35)31-36)20(15-32)29-22(34)17-10-8-16(9-11-17)13-33-21-7-5-4-6-19(21)30-24(33)25(26,27)28/h4-11,18,20,36H,2-3,12-15H2,1H3,(H,29,34)(H,31,35)/t18-,20+/m0/s1. The number of hydroxylamine groups is 1. The van der Waals surface area contributed by atoms with Crippen LogP contribution in [-0.2, 0) is 27.5 Å². The Morgan fingerprint density at radius 1 is 1.10 bits per heavy atom. The van der Waals surface area contributed by atoms with Gasteiger partial charge in [0.1, 0.15) is 0 Å². The molecule has 0 aliphatic carbocycles. The molecule has 0 spiro atoms. The largest absolute Gasteiger partial charge is 0.449 e. The van der Waals surface area contributed by atoms with E-state index in [0.717, 1.165) is 8.87 Å². The van der Waals surface area contributed by atoms with E-state index in [2.05, 4.69) is 10.3 Å². The number of para-hydroxylation sites is 2. The van der Waals surface area contributed by atoms with Gasteiger partial charge < -0.3 is 9.88 Å². The maximum absolute atomic E-state index is 13.6. The number of imidazole rings is 1. The predicted octanol–water partition coefficient (Wildman–Crippen LogP) is 2.77. The van der Waals surface area contributed by atoms with E-state index in [1.54, 1.807) is 18.2 Å². The molecule has 1 aliphatic heterocycles. The summed E-state index contributed by atoms with van der Waals surface area (Å²) < 4.78 is 68.3. The number of unbranched alkanes of at least 4 members (excludes halogenated alkanes) is 1. The Balaban J connectivity index is 1.50. The van der Waals surface area contributed by atoms with Gasteiger partial charge in [0, 0.05) is 25.2 Å². The van der Waals surface area contributed by atoms with Crippen LogP contribution < -0.4 is 10.8 Å². The number of carbonyl (C=O) groups excluding carboxylic acids is 2. The minimum absolute atomic E-state index is 0.0959. The Hall–Kier alpha value is -3.49. The molecule has 2 aromatic carbocycles. The van der Waals surface area contributed by atoms with Crippen LogP contribution in [0.5, 0.6) is 0 Å². The molecule has 2 amide bonds. The van der Waals surface area contributed by atoms with E-state index in [9.17, 15) is 31.2 Å². The molecule has 3 aromatic rings. The van der Waals surface area contributed by atoms with Crippen molar-refractivity contribution in [2.45, 2.75) is 38.5 Å². The molecule has 4 rings (SSSR count). The second-order valence-electron chi connectivity index (χ2n) is 9.35. The first kappa shape index (κ1) is 28.5. The highest BCUT2D eigenvalue weighted by molar-refractivity contribution is 7.89. The van der Waals surface area contributed by atoms with Gasteiger partial charge in [0.05, 0.1) is 28.7 Å². The lowest BCUT2D eigenvalue weighted by atomic mass is 10.0. The van der Waals surface area contributed by atoms with Gasteiger partial charge in [0.25, 0.3) is 5.91 Å². The van der Waals surface area contributed by atoms with Crippen molar-refractivity contribution in [1.29, 1.82) is 0 Å². The summed E-state index contributed by atoms with van der Waals surface area (Å²) in [5.41, 5.74) is 2.71. The molecular formula is C25H28F3N5O5S.